The van der Waals surface area contributed by atoms with Crippen LogP contribution in [0.2, 0.25) is 0 Å². The van der Waals surface area contributed by atoms with Crippen LogP contribution in [0.25, 0.3) is 11.0 Å². The van der Waals surface area contributed by atoms with Crippen LogP contribution in [0.4, 0.5) is 0 Å². The molecule has 0 saturated carbocycles. The van der Waals surface area contributed by atoms with E-state index in [1.807, 2.05) is 24.3 Å². The Balaban J connectivity index is 1.17. The Labute approximate surface area is 167 Å². The summed E-state index contributed by atoms with van der Waals surface area (Å²) in [4.78, 5) is 35.7. The molecule has 1 aromatic carbocycles. The number of aromatic nitrogens is 2. The first-order chi connectivity index (χ1) is 14.2. The lowest BCUT2D eigenvalue weighted by Crippen LogP contribution is -2.29. The molecule has 9 heteroatoms. The van der Waals surface area contributed by atoms with Crippen molar-refractivity contribution in [1.82, 2.24) is 20.6 Å². The largest absolute Gasteiger partial charge is 0.367 e. The molecule has 0 fully saturated rings. The van der Waals surface area contributed by atoms with Gasteiger partial charge in [-0.2, -0.15) is 0 Å². The number of imidazole rings is 1. The number of azo groups is 1. The van der Waals surface area contributed by atoms with E-state index in [2.05, 4.69) is 35.8 Å². The van der Waals surface area contributed by atoms with Crippen molar-refractivity contribution in [1.29, 1.82) is 0 Å². The Morgan fingerprint density at radius 1 is 1.17 bits per heavy atom. The maximum Gasteiger partial charge on any atom is 0.277 e. The molecule has 0 saturated heterocycles. The number of H-pyrrole nitrogens is 1. The number of hydrogen-bond donors (Lipinski definition) is 3. The van der Waals surface area contributed by atoms with Crippen molar-refractivity contribution in [2.45, 2.75) is 19.3 Å². The molecule has 2 aliphatic heterocycles. The molecule has 9 nitrogen and oxygen atoms in total. The van der Waals surface area contributed by atoms with Crippen molar-refractivity contribution in [3.8, 4) is 0 Å². The summed E-state index contributed by atoms with van der Waals surface area (Å²) in [6, 6.07) is 7.80. The summed E-state index contributed by atoms with van der Waals surface area (Å²) in [5.74, 6) is 0.530. The van der Waals surface area contributed by atoms with Crippen molar-refractivity contribution >= 4 is 29.1 Å². The first kappa shape index (κ1) is 18.7. The van der Waals surface area contributed by atoms with Gasteiger partial charge in [0.2, 0.25) is 5.91 Å². The fourth-order valence-corrected chi connectivity index (χ4v) is 3.17. The van der Waals surface area contributed by atoms with Crippen LogP contribution in [0.5, 0.6) is 0 Å². The average molecular weight is 391 g/mol. The number of nitrogens with zero attached hydrogens (tertiary/aromatic N) is 4. The number of carbonyl (C=O) groups excluding carboxylic acids is 2. The van der Waals surface area contributed by atoms with Gasteiger partial charge in [0.05, 0.1) is 11.0 Å². The molecule has 3 N–H and O–H groups in total. The lowest BCUT2D eigenvalue weighted by molar-refractivity contribution is -0.121. The molecule has 0 spiro atoms. The number of aryl methyl sites for hydroxylation is 1. The highest BCUT2D eigenvalue weighted by Crippen LogP contribution is 2.26. The molecule has 2 aliphatic rings. The molecular formula is C20H21N7O2. The van der Waals surface area contributed by atoms with Gasteiger partial charge in [0.1, 0.15) is 17.4 Å². The fraction of sp³-hybridized carbons (Fsp3) is 0.300. The summed E-state index contributed by atoms with van der Waals surface area (Å²) in [6.45, 7) is 1.12. The standard InChI is InChI=1S/C20H21N7O2/c28-17(9-8-16-24-14-6-1-2-7-15(14)25-16)21-11-4-12-23-19-18-13(5-3-10-22-18)20(29)27-26-19/h1-3,5-7,10,13,23H,4,8-9,11-12H2,(H,21,28)(H,24,25). The molecule has 1 atom stereocenters. The number of dihydropyridines is 1. The Morgan fingerprint density at radius 3 is 2.97 bits per heavy atom. The Morgan fingerprint density at radius 2 is 2.07 bits per heavy atom. The Hall–Kier alpha value is -3.62. The van der Waals surface area contributed by atoms with Crippen LogP contribution in [0, 0.1) is 5.92 Å². The average Bonchev–Trinajstić information content (AvgIpc) is 3.17. The molecule has 148 valence electrons. The van der Waals surface area contributed by atoms with E-state index in [0.29, 0.717) is 43.9 Å². The van der Waals surface area contributed by atoms with E-state index >= 15 is 0 Å². The number of hydrogen-bond acceptors (Lipinski definition) is 6. The monoisotopic (exact) mass is 391 g/mol. The minimum absolute atomic E-state index is 0.0162. The van der Waals surface area contributed by atoms with Crippen molar-refractivity contribution < 1.29 is 9.59 Å². The Bertz CT molecular complexity index is 1020. The van der Waals surface area contributed by atoms with Gasteiger partial charge < -0.3 is 15.6 Å². The van der Waals surface area contributed by atoms with E-state index in [-0.39, 0.29) is 11.8 Å². The normalized spacial score (nSPS) is 17.7. The molecule has 1 unspecified atom stereocenters. The van der Waals surface area contributed by atoms with Crippen molar-refractivity contribution in [2.75, 3.05) is 13.1 Å². The second kappa shape index (κ2) is 8.59. The maximum absolute atomic E-state index is 12.0. The quantitative estimate of drug-likeness (QED) is 0.595. The number of para-hydroxylation sites is 2. The van der Waals surface area contributed by atoms with Gasteiger partial charge in [0, 0.05) is 32.1 Å². The minimum Gasteiger partial charge on any atom is -0.367 e. The van der Waals surface area contributed by atoms with E-state index in [0.717, 1.165) is 16.9 Å². The zero-order chi connectivity index (χ0) is 20.1. The van der Waals surface area contributed by atoms with Gasteiger partial charge in [-0.1, -0.05) is 18.2 Å². The fourth-order valence-electron chi connectivity index (χ4n) is 3.17. The van der Waals surface area contributed by atoms with Crippen LogP contribution in [-0.2, 0) is 16.0 Å². The lowest BCUT2D eigenvalue weighted by atomic mass is 10.0. The number of fused-ring (bicyclic) bond motifs is 2. The Kier molecular flexibility index (Phi) is 5.55. The number of amides is 2. The van der Waals surface area contributed by atoms with Crippen LogP contribution in [0.3, 0.4) is 0 Å². The number of nitrogens with one attached hydrogen (secondary N) is 3. The van der Waals surface area contributed by atoms with Crippen LogP contribution in [0.1, 0.15) is 18.7 Å². The molecule has 3 heterocycles. The van der Waals surface area contributed by atoms with E-state index in [4.69, 9.17) is 0 Å². The predicted octanol–water partition coefficient (Wildman–Crippen LogP) is 2.01. The van der Waals surface area contributed by atoms with E-state index < -0.39 is 5.92 Å². The van der Waals surface area contributed by atoms with Crippen molar-refractivity contribution in [2.24, 2.45) is 21.1 Å². The topological polar surface area (TPSA) is 124 Å². The van der Waals surface area contributed by atoms with Crippen LogP contribution in [0.15, 0.2) is 63.2 Å². The SMILES string of the molecule is O=C(CCc1nc2ccccc2[nH]1)NCCCNC1=C2N=CC=CC2C(=O)N=N1. The minimum atomic E-state index is -0.460. The summed E-state index contributed by atoms with van der Waals surface area (Å²) in [6.07, 6.45) is 6.76. The number of rotatable bonds is 8. The van der Waals surface area contributed by atoms with E-state index in [1.165, 1.54) is 0 Å². The molecule has 29 heavy (non-hydrogen) atoms. The third-order valence-electron chi connectivity index (χ3n) is 4.65. The summed E-state index contributed by atoms with van der Waals surface area (Å²) >= 11 is 0. The first-order valence-electron chi connectivity index (χ1n) is 9.55. The number of aromatic amines is 1. The van der Waals surface area contributed by atoms with Crippen LogP contribution >= 0.6 is 0 Å². The third kappa shape index (κ3) is 4.45. The molecule has 4 rings (SSSR count). The number of carbonyl (C=O) groups is 2. The maximum atomic E-state index is 12.0. The van der Waals surface area contributed by atoms with Crippen molar-refractivity contribution in [3.05, 3.63) is 53.8 Å². The zero-order valence-electron chi connectivity index (χ0n) is 15.8. The highest BCUT2D eigenvalue weighted by molar-refractivity contribution is 5.88. The molecule has 1 aromatic heterocycles. The van der Waals surface area contributed by atoms with Crippen LogP contribution in [-0.4, -0.2) is 41.1 Å². The zero-order valence-corrected chi connectivity index (χ0v) is 15.8. The summed E-state index contributed by atoms with van der Waals surface area (Å²) in [7, 11) is 0. The second-order valence-electron chi connectivity index (χ2n) is 6.74. The van der Waals surface area contributed by atoms with Gasteiger partial charge in [0.15, 0.2) is 5.82 Å². The molecule has 2 aromatic rings. The summed E-state index contributed by atoms with van der Waals surface area (Å²) < 4.78 is 0. The van der Waals surface area contributed by atoms with E-state index in [9.17, 15) is 9.59 Å². The molecule has 0 aliphatic carbocycles. The summed E-state index contributed by atoms with van der Waals surface area (Å²) in [5.41, 5.74) is 2.47. The molecule has 0 radical (unpaired) electrons. The number of benzene rings is 1. The highest BCUT2D eigenvalue weighted by Gasteiger charge is 2.28. The molecular weight excluding hydrogens is 370 g/mol. The van der Waals surface area contributed by atoms with Gasteiger partial charge in [-0.05, 0) is 24.6 Å². The number of aliphatic imine (C=N–C) groups is 1. The van der Waals surface area contributed by atoms with Gasteiger partial charge in [-0.15, -0.1) is 10.2 Å². The third-order valence-corrected chi connectivity index (χ3v) is 4.65. The molecule has 2 amide bonds. The van der Waals surface area contributed by atoms with Crippen molar-refractivity contribution in [3.63, 3.8) is 0 Å². The van der Waals surface area contributed by atoms with Gasteiger partial charge in [0.25, 0.3) is 5.91 Å². The van der Waals surface area contributed by atoms with E-state index in [1.54, 1.807) is 18.4 Å². The van der Waals surface area contributed by atoms with Gasteiger partial charge in [-0.25, -0.2) is 4.98 Å². The van der Waals surface area contributed by atoms with Gasteiger partial charge >= 0.3 is 0 Å². The molecule has 0 bridgehead atoms. The predicted molar refractivity (Wildman–Crippen MR) is 108 cm³/mol. The lowest BCUT2D eigenvalue weighted by Gasteiger charge is -2.19. The van der Waals surface area contributed by atoms with Crippen LogP contribution < -0.4 is 10.6 Å². The van der Waals surface area contributed by atoms with Gasteiger partial charge in [-0.3, -0.25) is 14.6 Å². The highest BCUT2D eigenvalue weighted by atomic mass is 16.2. The first-order valence-corrected chi connectivity index (χ1v) is 9.55. The summed E-state index contributed by atoms with van der Waals surface area (Å²) in [5, 5.41) is 13.6. The smallest absolute Gasteiger partial charge is 0.277 e. The second-order valence-corrected chi connectivity index (χ2v) is 6.74. The number of allylic oxidation sites excluding steroid dienone is 1.